The number of hydrogen-bond acceptors (Lipinski definition) is 2. The summed E-state index contributed by atoms with van der Waals surface area (Å²) in [6.45, 7) is 1.98. The second kappa shape index (κ2) is 3.86. The predicted molar refractivity (Wildman–Crippen MR) is 57.1 cm³/mol. The first-order valence-corrected chi connectivity index (χ1v) is 4.46. The number of rotatable bonds is 2. The summed E-state index contributed by atoms with van der Waals surface area (Å²) in [6, 6.07) is 7.23. The van der Waals surface area contributed by atoms with Crippen molar-refractivity contribution in [3.8, 4) is 5.69 Å². The molecule has 0 aliphatic carbocycles. The van der Waals surface area contributed by atoms with Gasteiger partial charge in [-0.3, -0.25) is 0 Å². The third-order valence-corrected chi connectivity index (χ3v) is 1.99. The highest BCUT2D eigenvalue weighted by Crippen LogP contribution is 2.15. The van der Waals surface area contributed by atoms with Crippen molar-refractivity contribution in [2.75, 3.05) is 0 Å². The molecule has 0 spiro atoms. The number of nitrogens with zero attached hydrogens (tertiary/aromatic N) is 5. The van der Waals surface area contributed by atoms with Crippen molar-refractivity contribution in [2.24, 2.45) is 5.11 Å². The molecule has 2 rings (SSSR count). The van der Waals surface area contributed by atoms with Crippen LogP contribution >= 0.6 is 0 Å². The maximum absolute atomic E-state index is 8.25. The second-order valence-electron chi connectivity index (χ2n) is 3.17. The third-order valence-electron chi connectivity index (χ3n) is 1.99. The summed E-state index contributed by atoms with van der Waals surface area (Å²) in [5.41, 5.74) is 10.9. The SMILES string of the molecule is Cc1cnn(-c2ccc(N=[N+]=[N-])cc2)c1. The molecule has 0 radical (unpaired) electrons. The zero-order valence-corrected chi connectivity index (χ0v) is 8.20. The molecule has 0 atom stereocenters. The van der Waals surface area contributed by atoms with Crippen LogP contribution in [0.4, 0.5) is 5.69 Å². The van der Waals surface area contributed by atoms with Gasteiger partial charge in [0.1, 0.15) is 0 Å². The molecule has 5 nitrogen and oxygen atoms in total. The van der Waals surface area contributed by atoms with Crippen LogP contribution in [0.25, 0.3) is 16.1 Å². The van der Waals surface area contributed by atoms with Crippen molar-refractivity contribution < 1.29 is 0 Å². The molecular weight excluding hydrogens is 190 g/mol. The highest BCUT2D eigenvalue weighted by atomic mass is 15.3. The van der Waals surface area contributed by atoms with E-state index in [1.807, 2.05) is 25.3 Å². The van der Waals surface area contributed by atoms with E-state index >= 15 is 0 Å². The van der Waals surface area contributed by atoms with Gasteiger partial charge in [0.25, 0.3) is 0 Å². The van der Waals surface area contributed by atoms with E-state index in [4.69, 9.17) is 5.53 Å². The molecule has 5 heteroatoms. The topological polar surface area (TPSA) is 66.6 Å². The quantitative estimate of drug-likeness (QED) is 0.416. The van der Waals surface area contributed by atoms with E-state index in [9.17, 15) is 0 Å². The molecular formula is C10H9N5. The molecule has 0 N–H and O–H groups in total. The van der Waals surface area contributed by atoms with E-state index in [0.717, 1.165) is 11.3 Å². The van der Waals surface area contributed by atoms with Crippen LogP contribution in [0.5, 0.6) is 0 Å². The second-order valence-corrected chi connectivity index (χ2v) is 3.17. The highest BCUT2D eigenvalue weighted by molar-refractivity contribution is 5.44. The average molecular weight is 199 g/mol. The fraction of sp³-hybridized carbons (Fsp3) is 0.100. The molecule has 1 aromatic heterocycles. The molecule has 0 aliphatic rings. The van der Waals surface area contributed by atoms with Gasteiger partial charge in [0.2, 0.25) is 0 Å². The van der Waals surface area contributed by atoms with E-state index in [1.165, 1.54) is 0 Å². The van der Waals surface area contributed by atoms with E-state index < -0.39 is 0 Å². The Labute approximate surface area is 86.6 Å². The lowest BCUT2D eigenvalue weighted by atomic mass is 10.3. The van der Waals surface area contributed by atoms with E-state index in [-0.39, 0.29) is 0 Å². The molecule has 0 bridgehead atoms. The highest BCUT2D eigenvalue weighted by Gasteiger charge is 1.97. The number of aryl methyl sites for hydroxylation is 1. The first-order valence-electron chi connectivity index (χ1n) is 4.46. The molecule has 0 aliphatic heterocycles. The van der Waals surface area contributed by atoms with E-state index in [0.29, 0.717) is 5.69 Å². The average Bonchev–Trinajstić information content (AvgIpc) is 2.67. The van der Waals surface area contributed by atoms with Gasteiger partial charge in [0, 0.05) is 16.8 Å². The minimum Gasteiger partial charge on any atom is -0.241 e. The van der Waals surface area contributed by atoms with Crippen LogP contribution in [-0.2, 0) is 0 Å². The molecule has 0 unspecified atom stereocenters. The van der Waals surface area contributed by atoms with Gasteiger partial charge in [0.05, 0.1) is 11.9 Å². The van der Waals surface area contributed by atoms with Crippen LogP contribution in [0.3, 0.4) is 0 Å². The van der Waals surface area contributed by atoms with Crippen molar-refractivity contribution in [1.82, 2.24) is 9.78 Å². The summed E-state index contributed by atoms with van der Waals surface area (Å²) in [6.07, 6.45) is 3.73. The first kappa shape index (κ1) is 9.30. The monoisotopic (exact) mass is 199 g/mol. The Morgan fingerprint density at radius 2 is 2.07 bits per heavy atom. The maximum atomic E-state index is 8.25. The molecule has 0 fully saturated rings. The van der Waals surface area contributed by atoms with Crippen molar-refractivity contribution >= 4 is 5.69 Å². The summed E-state index contributed by atoms with van der Waals surface area (Å²) in [5.74, 6) is 0. The molecule has 1 heterocycles. The Balaban J connectivity index is 2.35. The Morgan fingerprint density at radius 1 is 1.33 bits per heavy atom. The maximum Gasteiger partial charge on any atom is 0.0645 e. The Kier molecular flexibility index (Phi) is 2.39. The molecule has 15 heavy (non-hydrogen) atoms. The van der Waals surface area contributed by atoms with Crippen molar-refractivity contribution in [3.63, 3.8) is 0 Å². The van der Waals surface area contributed by atoms with Gasteiger partial charge in [-0.2, -0.15) is 5.10 Å². The summed E-state index contributed by atoms with van der Waals surface area (Å²) in [7, 11) is 0. The van der Waals surface area contributed by atoms with Gasteiger partial charge >= 0.3 is 0 Å². The number of azide groups is 1. The fourth-order valence-corrected chi connectivity index (χ4v) is 1.28. The predicted octanol–water partition coefficient (Wildman–Crippen LogP) is 3.12. The lowest BCUT2D eigenvalue weighted by molar-refractivity contribution is 0.880. The van der Waals surface area contributed by atoms with Gasteiger partial charge in [-0.15, -0.1) is 0 Å². The standard InChI is InChI=1S/C10H9N5/c1-8-6-12-15(7-8)10-4-2-9(3-5-10)13-14-11/h2-7H,1H3. The molecule has 0 saturated heterocycles. The van der Waals surface area contributed by atoms with Gasteiger partial charge < -0.3 is 0 Å². The largest absolute Gasteiger partial charge is 0.241 e. The van der Waals surface area contributed by atoms with E-state index in [1.54, 1.807) is 23.0 Å². The number of benzene rings is 1. The van der Waals surface area contributed by atoms with Gasteiger partial charge in [-0.05, 0) is 30.2 Å². The number of aromatic nitrogens is 2. The van der Waals surface area contributed by atoms with Crippen LogP contribution in [0.1, 0.15) is 5.56 Å². The van der Waals surface area contributed by atoms with E-state index in [2.05, 4.69) is 15.1 Å². The van der Waals surface area contributed by atoms with Crippen LogP contribution in [-0.4, -0.2) is 9.78 Å². The lowest BCUT2D eigenvalue weighted by Gasteiger charge is -2.00. The van der Waals surface area contributed by atoms with Crippen molar-refractivity contribution in [1.29, 1.82) is 0 Å². The minimum absolute atomic E-state index is 0.602. The molecule has 0 saturated carbocycles. The minimum atomic E-state index is 0.602. The Morgan fingerprint density at radius 3 is 2.60 bits per heavy atom. The molecule has 0 amide bonds. The molecule has 74 valence electrons. The van der Waals surface area contributed by atoms with Crippen LogP contribution < -0.4 is 0 Å². The Bertz CT molecular complexity index is 505. The smallest absolute Gasteiger partial charge is 0.0645 e. The zero-order valence-electron chi connectivity index (χ0n) is 8.20. The lowest BCUT2D eigenvalue weighted by Crippen LogP contribution is -1.92. The van der Waals surface area contributed by atoms with Crippen LogP contribution in [0.2, 0.25) is 0 Å². The van der Waals surface area contributed by atoms with Gasteiger partial charge in [-0.1, -0.05) is 17.2 Å². The van der Waals surface area contributed by atoms with Crippen LogP contribution in [0, 0.1) is 6.92 Å². The van der Waals surface area contributed by atoms with Gasteiger partial charge in [0.15, 0.2) is 0 Å². The van der Waals surface area contributed by atoms with Crippen LogP contribution in [0.15, 0.2) is 41.8 Å². The number of hydrogen-bond donors (Lipinski definition) is 0. The summed E-state index contributed by atoms with van der Waals surface area (Å²) >= 11 is 0. The molecule has 1 aromatic carbocycles. The normalized spacial score (nSPS) is 9.67. The van der Waals surface area contributed by atoms with Crippen molar-refractivity contribution in [2.45, 2.75) is 6.92 Å². The zero-order chi connectivity index (χ0) is 10.7. The van der Waals surface area contributed by atoms with Crippen molar-refractivity contribution in [3.05, 3.63) is 52.7 Å². The van der Waals surface area contributed by atoms with Gasteiger partial charge in [-0.25, -0.2) is 4.68 Å². The molecule has 2 aromatic rings. The summed E-state index contributed by atoms with van der Waals surface area (Å²) in [4.78, 5) is 2.72. The third kappa shape index (κ3) is 1.98. The fourth-order valence-electron chi connectivity index (χ4n) is 1.28. The first-order chi connectivity index (χ1) is 7.29. The Hall–Kier alpha value is -2.26. The summed E-state index contributed by atoms with van der Waals surface area (Å²) < 4.78 is 1.77. The summed E-state index contributed by atoms with van der Waals surface area (Å²) in [5, 5.41) is 7.67.